The normalized spacial score (nSPS) is 15.1. The molecule has 1 aromatic heterocycles. The monoisotopic (exact) mass is 313 g/mol. The molecular formula is C18H20FN3O. The molecule has 1 saturated carbocycles. The van der Waals surface area contributed by atoms with Crippen LogP contribution in [0.3, 0.4) is 0 Å². The molecule has 1 aliphatic carbocycles. The minimum atomic E-state index is -0.351. The smallest absolute Gasteiger partial charge is 0.251 e. The Kier molecular flexibility index (Phi) is 4.28. The lowest BCUT2D eigenvalue weighted by atomic mass is 10.1. The van der Waals surface area contributed by atoms with Crippen molar-refractivity contribution in [2.45, 2.75) is 38.8 Å². The zero-order valence-electron chi connectivity index (χ0n) is 13.3. The molecule has 0 aliphatic heterocycles. The molecule has 1 amide bonds. The number of pyridine rings is 1. The van der Waals surface area contributed by atoms with Gasteiger partial charge in [0.2, 0.25) is 0 Å². The zero-order valence-corrected chi connectivity index (χ0v) is 13.3. The number of carbonyl (C=O) groups is 1. The number of hydrogen-bond acceptors (Lipinski definition) is 3. The molecule has 4 nitrogen and oxygen atoms in total. The Balaban J connectivity index is 1.75. The molecule has 0 bridgehead atoms. The fraction of sp³-hybridized carbons (Fsp3) is 0.333. The van der Waals surface area contributed by atoms with E-state index < -0.39 is 0 Å². The third-order valence-electron chi connectivity index (χ3n) is 3.98. The van der Waals surface area contributed by atoms with E-state index in [1.807, 2.05) is 32.0 Å². The number of halogens is 1. The van der Waals surface area contributed by atoms with Gasteiger partial charge in [0, 0.05) is 17.3 Å². The van der Waals surface area contributed by atoms with Crippen LogP contribution in [0.25, 0.3) is 0 Å². The molecule has 0 spiro atoms. The lowest BCUT2D eigenvalue weighted by Crippen LogP contribution is -2.25. The van der Waals surface area contributed by atoms with Gasteiger partial charge in [-0.05, 0) is 56.5 Å². The highest BCUT2D eigenvalue weighted by Crippen LogP contribution is 2.24. The Hall–Kier alpha value is -2.43. The number of nitrogens with zero attached hydrogens (tertiary/aromatic N) is 1. The van der Waals surface area contributed by atoms with E-state index in [2.05, 4.69) is 15.6 Å². The maximum Gasteiger partial charge on any atom is 0.251 e. The first-order valence-electron chi connectivity index (χ1n) is 7.82. The highest BCUT2D eigenvalue weighted by atomic mass is 19.1. The van der Waals surface area contributed by atoms with Gasteiger partial charge in [0.05, 0.1) is 17.9 Å². The Morgan fingerprint density at radius 2 is 2.09 bits per heavy atom. The topological polar surface area (TPSA) is 54.0 Å². The van der Waals surface area contributed by atoms with Gasteiger partial charge < -0.3 is 10.6 Å². The summed E-state index contributed by atoms with van der Waals surface area (Å²) in [5.41, 5.74) is 3.32. The molecule has 0 saturated heterocycles. The molecule has 1 heterocycles. The average molecular weight is 313 g/mol. The summed E-state index contributed by atoms with van der Waals surface area (Å²) >= 11 is 0. The summed E-state index contributed by atoms with van der Waals surface area (Å²) in [6.45, 7) is 3.94. The minimum Gasteiger partial charge on any atom is -0.377 e. The molecule has 5 heteroatoms. The van der Waals surface area contributed by atoms with Crippen molar-refractivity contribution in [2.75, 3.05) is 5.32 Å². The Morgan fingerprint density at radius 1 is 1.30 bits per heavy atom. The van der Waals surface area contributed by atoms with E-state index in [9.17, 15) is 9.18 Å². The highest BCUT2D eigenvalue weighted by molar-refractivity contribution is 5.95. The van der Waals surface area contributed by atoms with E-state index in [0.717, 1.165) is 29.8 Å². The number of rotatable bonds is 5. The van der Waals surface area contributed by atoms with Gasteiger partial charge in [-0.1, -0.05) is 6.07 Å². The number of amides is 1. The second-order valence-corrected chi connectivity index (χ2v) is 6.04. The fourth-order valence-corrected chi connectivity index (χ4v) is 2.37. The Bertz CT molecular complexity index is 711. The van der Waals surface area contributed by atoms with Gasteiger partial charge >= 0.3 is 0 Å². The van der Waals surface area contributed by atoms with Gasteiger partial charge in [-0.2, -0.15) is 0 Å². The number of nitrogens with one attached hydrogen (secondary N) is 2. The van der Waals surface area contributed by atoms with Crippen molar-refractivity contribution >= 4 is 11.6 Å². The highest BCUT2D eigenvalue weighted by Gasteiger charge is 2.24. The molecule has 1 atom stereocenters. The molecule has 23 heavy (non-hydrogen) atoms. The zero-order chi connectivity index (χ0) is 16.4. The Morgan fingerprint density at radius 3 is 2.74 bits per heavy atom. The number of benzene rings is 1. The second kappa shape index (κ2) is 6.36. The molecular weight excluding hydrogens is 293 g/mol. The molecule has 120 valence electrons. The summed E-state index contributed by atoms with van der Waals surface area (Å²) in [6.07, 6.45) is 3.34. The molecule has 1 aliphatic rings. The molecule has 2 aromatic rings. The SMILES string of the molecule is Cc1ccc(C(=O)NC2CC2)cc1N[C@@H](C)c1ccc(F)cn1. The van der Waals surface area contributed by atoms with Crippen molar-refractivity contribution in [1.29, 1.82) is 0 Å². The fourth-order valence-electron chi connectivity index (χ4n) is 2.37. The van der Waals surface area contributed by atoms with Crippen LogP contribution in [0.2, 0.25) is 0 Å². The number of carbonyl (C=O) groups excluding carboxylic acids is 1. The van der Waals surface area contributed by atoms with Gasteiger partial charge in [-0.15, -0.1) is 0 Å². The third kappa shape index (κ3) is 3.86. The first kappa shape index (κ1) is 15.5. The van der Waals surface area contributed by atoms with Gasteiger partial charge in [-0.25, -0.2) is 4.39 Å². The van der Waals surface area contributed by atoms with E-state index in [-0.39, 0.29) is 17.8 Å². The number of hydrogen-bond donors (Lipinski definition) is 2. The second-order valence-electron chi connectivity index (χ2n) is 6.04. The lowest BCUT2D eigenvalue weighted by molar-refractivity contribution is 0.0951. The lowest BCUT2D eigenvalue weighted by Gasteiger charge is -2.17. The van der Waals surface area contributed by atoms with E-state index >= 15 is 0 Å². The van der Waals surface area contributed by atoms with Crippen LogP contribution < -0.4 is 10.6 Å². The van der Waals surface area contributed by atoms with Gasteiger partial charge in [0.1, 0.15) is 5.82 Å². The van der Waals surface area contributed by atoms with Gasteiger partial charge in [0.15, 0.2) is 0 Å². The van der Waals surface area contributed by atoms with Crippen LogP contribution in [0.4, 0.5) is 10.1 Å². The molecule has 3 rings (SSSR count). The summed E-state index contributed by atoms with van der Waals surface area (Å²) in [7, 11) is 0. The van der Waals surface area contributed by atoms with E-state index in [1.54, 1.807) is 6.07 Å². The average Bonchev–Trinajstić information content (AvgIpc) is 3.34. The van der Waals surface area contributed by atoms with Crippen molar-refractivity contribution in [3.8, 4) is 0 Å². The summed E-state index contributed by atoms with van der Waals surface area (Å²) in [4.78, 5) is 16.3. The maximum atomic E-state index is 13.0. The summed E-state index contributed by atoms with van der Waals surface area (Å²) in [6, 6.07) is 8.92. The van der Waals surface area contributed by atoms with Crippen LogP contribution in [-0.2, 0) is 0 Å². The van der Waals surface area contributed by atoms with Crippen LogP contribution >= 0.6 is 0 Å². The standard InChI is InChI=1S/C18H20FN3O/c1-11-3-4-13(18(23)22-15-6-7-15)9-17(11)21-12(2)16-8-5-14(19)10-20-16/h3-5,8-10,12,15,21H,6-7H2,1-2H3,(H,22,23)/t12-/m0/s1. The largest absolute Gasteiger partial charge is 0.377 e. The predicted octanol–water partition coefficient (Wildman–Crippen LogP) is 3.59. The summed E-state index contributed by atoms with van der Waals surface area (Å²) in [5, 5.41) is 6.33. The van der Waals surface area contributed by atoms with E-state index in [1.165, 1.54) is 12.3 Å². The van der Waals surface area contributed by atoms with Gasteiger partial charge in [-0.3, -0.25) is 9.78 Å². The van der Waals surface area contributed by atoms with Crippen molar-refractivity contribution < 1.29 is 9.18 Å². The van der Waals surface area contributed by atoms with Crippen LogP contribution in [0, 0.1) is 12.7 Å². The summed E-state index contributed by atoms with van der Waals surface area (Å²) in [5.74, 6) is -0.390. The van der Waals surface area contributed by atoms with Crippen LogP contribution in [0.5, 0.6) is 0 Å². The number of aryl methyl sites for hydroxylation is 1. The molecule has 2 N–H and O–H groups in total. The minimum absolute atomic E-state index is 0.0388. The Labute approximate surface area is 135 Å². The molecule has 1 fully saturated rings. The van der Waals surface area contributed by atoms with Crippen molar-refractivity contribution in [2.24, 2.45) is 0 Å². The molecule has 0 radical (unpaired) electrons. The number of aromatic nitrogens is 1. The summed E-state index contributed by atoms with van der Waals surface area (Å²) < 4.78 is 13.0. The van der Waals surface area contributed by atoms with Crippen molar-refractivity contribution in [1.82, 2.24) is 10.3 Å². The molecule has 0 unspecified atom stereocenters. The van der Waals surface area contributed by atoms with Crippen molar-refractivity contribution in [3.63, 3.8) is 0 Å². The van der Waals surface area contributed by atoms with E-state index in [0.29, 0.717) is 11.6 Å². The van der Waals surface area contributed by atoms with Gasteiger partial charge in [0.25, 0.3) is 5.91 Å². The third-order valence-corrected chi connectivity index (χ3v) is 3.98. The first-order valence-corrected chi connectivity index (χ1v) is 7.82. The number of anilines is 1. The van der Waals surface area contributed by atoms with Crippen molar-refractivity contribution in [3.05, 3.63) is 59.2 Å². The van der Waals surface area contributed by atoms with Crippen LogP contribution in [0.15, 0.2) is 36.5 Å². The molecule has 1 aromatic carbocycles. The first-order chi connectivity index (χ1) is 11.0. The quantitative estimate of drug-likeness (QED) is 0.887. The van der Waals surface area contributed by atoms with E-state index in [4.69, 9.17) is 0 Å². The van der Waals surface area contributed by atoms with Crippen LogP contribution in [-0.4, -0.2) is 16.9 Å². The predicted molar refractivity (Wildman–Crippen MR) is 87.9 cm³/mol. The maximum absolute atomic E-state index is 13.0. The van der Waals surface area contributed by atoms with Crippen LogP contribution in [0.1, 0.15) is 47.4 Å².